The minimum Gasteiger partial charge on any atom is -0.321 e. The standard InChI is InChI=1S/C12H5Cl2FN2OS/c13-10-4-6(11(14)19-10)12(18)17-9-3-1-2-8(15)7(9)5-16/h1-4H,(H,17,18). The van der Waals surface area contributed by atoms with Crippen LogP contribution in [0.15, 0.2) is 24.3 Å². The number of halogens is 3. The Kier molecular flexibility index (Phi) is 4.05. The lowest BCUT2D eigenvalue weighted by molar-refractivity contribution is 0.102. The van der Waals surface area contributed by atoms with E-state index >= 15 is 0 Å². The molecule has 1 aromatic heterocycles. The molecule has 19 heavy (non-hydrogen) atoms. The van der Waals surface area contributed by atoms with Crippen LogP contribution in [-0.2, 0) is 0 Å². The summed E-state index contributed by atoms with van der Waals surface area (Å²) in [6.07, 6.45) is 0. The predicted octanol–water partition coefficient (Wildman–Crippen LogP) is 4.32. The molecule has 0 bridgehead atoms. The molecule has 0 atom stereocenters. The number of carbonyl (C=O) groups is 1. The maximum atomic E-state index is 13.4. The second kappa shape index (κ2) is 5.57. The van der Waals surface area contributed by atoms with E-state index in [0.29, 0.717) is 4.34 Å². The van der Waals surface area contributed by atoms with E-state index < -0.39 is 11.7 Å². The molecule has 0 aliphatic heterocycles. The number of benzene rings is 1. The first-order chi connectivity index (χ1) is 9.02. The van der Waals surface area contributed by atoms with Crippen LogP contribution in [0.4, 0.5) is 10.1 Å². The number of rotatable bonds is 2. The minimum atomic E-state index is -0.699. The fraction of sp³-hybridized carbons (Fsp3) is 0. The molecule has 0 saturated heterocycles. The maximum Gasteiger partial charge on any atom is 0.258 e. The molecule has 2 rings (SSSR count). The summed E-state index contributed by atoms with van der Waals surface area (Å²) in [4.78, 5) is 11.9. The largest absolute Gasteiger partial charge is 0.321 e. The van der Waals surface area contributed by atoms with Gasteiger partial charge in [0.05, 0.1) is 15.6 Å². The van der Waals surface area contributed by atoms with Crippen LogP contribution in [0, 0.1) is 17.1 Å². The van der Waals surface area contributed by atoms with Crippen LogP contribution in [-0.4, -0.2) is 5.91 Å². The highest BCUT2D eigenvalue weighted by atomic mass is 35.5. The molecule has 0 fully saturated rings. The number of amides is 1. The molecule has 0 radical (unpaired) electrons. The molecule has 0 saturated carbocycles. The van der Waals surface area contributed by atoms with Gasteiger partial charge in [-0.3, -0.25) is 4.79 Å². The van der Waals surface area contributed by atoms with E-state index in [1.165, 1.54) is 18.2 Å². The summed E-state index contributed by atoms with van der Waals surface area (Å²) in [6.45, 7) is 0. The summed E-state index contributed by atoms with van der Waals surface area (Å²) >= 11 is 12.6. The lowest BCUT2D eigenvalue weighted by Gasteiger charge is -2.06. The Bertz CT molecular complexity index is 694. The Morgan fingerprint density at radius 3 is 2.74 bits per heavy atom. The number of hydrogen-bond donors (Lipinski definition) is 1. The predicted molar refractivity (Wildman–Crippen MR) is 73.4 cm³/mol. The molecular weight excluding hydrogens is 310 g/mol. The van der Waals surface area contributed by atoms with Gasteiger partial charge in [0.15, 0.2) is 0 Å². The number of thiophene rings is 1. The first-order valence-corrected chi connectivity index (χ1v) is 6.55. The van der Waals surface area contributed by atoms with Crippen molar-refractivity contribution in [2.24, 2.45) is 0 Å². The van der Waals surface area contributed by atoms with Crippen molar-refractivity contribution in [2.75, 3.05) is 5.32 Å². The molecular formula is C12H5Cl2FN2OS. The van der Waals surface area contributed by atoms with Crippen LogP contribution in [0.5, 0.6) is 0 Å². The minimum absolute atomic E-state index is 0.0888. The monoisotopic (exact) mass is 314 g/mol. The third-order valence-corrected chi connectivity index (χ3v) is 3.76. The van der Waals surface area contributed by atoms with E-state index in [1.54, 1.807) is 6.07 Å². The summed E-state index contributed by atoms with van der Waals surface area (Å²) in [7, 11) is 0. The van der Waals surface area contributed by atoms with E-state index in [9.17, 15) is 9.18 Å². The van der Waals surface area contributed by atoms with Crippen LogP contribution in [0.1, 0.15) is 15.9 Å². The van der Waals surface area contributed by atoms with Gasteiger partial charge in [-0.25, -0.2) is 4.39 Å². The van der Waals surface area contributed by atoms with Crippen molar-refractivity contribution in [1.82, 2.24) is 0 Å². The first-order valence-electron chi connectivity index (χ1n) is 4.97. The van der Waals surface area contributed by atoms with Crippen LogP contribution >= 0.6 is 34.5 Å². The second-order valence-corrected chi connectivity index (χ2v) is 5.75. The zero-order valence-corrected chi connectivity index (χ0v) is 11.5. The third kappa shape index (κ3) is 2.87. The van der Waals surface area contributed by atoms with Gasteiger partial charge >= 0.3 is 0 Å². The van der Waals surface area contributed by atoms with E-state index in [-0.39, 0.29) is 21.2 Å². The normalized spacial score (nSPS) is 10.0. The molecule has 0 aliphatic carbocycles. The van der Waals surface area contributed by atoms with Gasteiger partial charge in [0, 0.05) is 0 Å². The molecule has 0 aliphatic rings. The zero-order valence-electron chi connectivity index (χ0n) is 9.21. The number of hydrogen-bond acceptors (Lipinski definition) is 3. The average molecular weight is 315 g/mol. The molecule has 7 heteroatoms. The molecule has 1 aromatic carbocycles. The third-order valence-electron chi connectivity index (χ3n) is 2.27. The smallest absolute Gasteiger partial charge is 0.258 e. The Hall–Kier alpha value is -1.61. The number of carbonyl (C=O) groups excluding carboxylic acids is 1. The fourth-order valence-electron chi connectivity index (χ4n) is 1.43. The maximum absolute atomic E-state index is 13.4. The van der Waals surface area contributed by atoms with Crippen molar-refractivity contribution < 1.29 is 9.18 Å². The SMILES string of the molecule is N#Cc1c(F)cccc1NC(=O)c1cc(Cl)sc1Cl. The molecule has 2 aromatic rings. The summed E-state index contributed by atoms with van der Waals surface area (Å²) in [5.74, 6) is -1.25. The Labute approximate surface area is 122 Å². The van der Waals surface area contributed by atoms with Crippen LogP contribution in [0.3, 0.4) is 0 Å². The van der Waals surface area contributed by atoms with Gasteiger partial charge < -0.3 is 5.32 Å². The van der Waals surface area contributed by atoms with Gasteiger partial charge in [-0.15, -0.1) is 11.3 Å². The van der Waals surface area contributed by atoms with Crippen LogP contribution < -0.4 is 5.32 Å². The summed E-state index contributed by atoms with van der Waals surface area (Å²) in [6, 6.07) is 7.08. The number of anilines is 1. The van der Waals surface area contributed by atoms with Crippen molar-refractivity contribution in [3.05, 3.63) is 49.9 Å². The quantitative estimate of drug-likeness (QED) is 0.897. The molecule has 0 spiro atoms. The lowest BCUT2D eigenvalue weighted by Crippen LogP contribution is -2.12. The molecule has 1 amide bonds. The molecule has 1 N–H and O–H groups in total. The second-order valence-electron chi connectivity index (χ2n) is 3.47. The van der Waals surface area contributed by atoms with Crippen LogP contribution in [0.2, 0.25) is 8.67 Å². The van der Waals surface area contributed by atoms with Gasteiger partial charge in [0.25, 0.3) is 5.91 Å². The Balaban J connectivity index is 2.32. The number of nitrogens with one attached hydrogen (secondary N) is 1. The summed E-state index contributed by atoms with van der Waals surface area (Å²) in [5.41, 5.74) is 0.0454. The van der Waals surface area contributed by atoms with Crippen molar-refractivity contribution in [3.8, 4) is 6.07 Å². The highest BCUT2D eigenvalue weighted by Gasteiger charge is 2.16. The van der Waals surface area contributed by atoms with Gasteiger partial charge in [-0.2, -0.15) is 5.26 Å². The number of nitriles is 1. The zero-order chi connectivity index (χ0) is 14.0. The number of nitrogens with zero attached hydrogens (tertiary/aromatic N) is 1. The molecule has 96 valence electrons. The lowest BCUT2D eigenvalue weighted by atomic mass is 10.1. The molecule has 0 unspecified atom stereocenters. The van der Waals surface area contributed by atoms with E-state index in [0.717, 1.165) is 17.4 Å². The van der Waals surface area contributed by atoms with Gasteiger partial charge in [-0.1, -0.05) is 29.3 Å². The fourth-order valence-corrected chi connectivity index (χ4v) is 2.88. The topological polar surface area (TPSA) is 52.9 Å². The first kappa shape index (κ1) is 13.8. The van der Waals surface area contributed by atoms with Crippen molar-refractivity contribution in [1.29, 1.82) is 5.26 Å². The Morgan fingerprint density at radius 2 is 2.16 bits per heavy atom. The highest BCUT2D eigenvalue weighted by molar-refractivity contribution is 7.20. The van der Waals surface area contributed by atoms with E-state index in [1.807, 2.05) is 0 Å². The van der Waals surface area contributed by atoms with Gasteiger partial charge in [-0.05, 0) is 18.2 Å². The highest BCUT2D eigenvalue weighted by Crippen LogP contribution is 2.31. The summed E-state index contributed by atoms with van der Waals surface area (Å²) < 4.78 is 14.0. The summed E-state index contributed by atoms with van der Waals surface area (Å²) in [5, 5.41) is 11.3. The molecule has 1 heterocycles. The average Bonchev–Trinajstić information content (AvgIpc) is 2.69. The van der Waals surface area contributed by atoms with Crippen molar-refractivity contribution >= 4 is 46.1 Å². The van der Waals surface area contributed by atoms with Gasteiger partial charge in [0.2, 0.25) is 0 Å². The Morgan fingerprint density at radius 1 is 1.42 bits per heavy atom. The van der Waals surface area contributed by atoms with E-state index in [4.69, 9.17) is 28.5 Å². The van der Waals surface area contributed by atoms with E-state index in [2.05, 4.69) is 5.32 Å². The van der Waals surface area contributed by atoms with Gasteiger partial charge in [0.1, 0.15) is 21.8 Å². The van der Waals surface area contributed by atoms with Crippen molar-refractivity contribution in [2.45, 2.75) is 0 Å². The van der Waals surface area contributed by atoms with Crippen LogP contribution in [0.25, 0.3) is 0 Å². The van der Waals surface area contributed by atoms with Crippen molar-refractivity contribution in [3.63, 3.8) is 0 Å². The molecule has 3 nitrogen and oxygen atoms in total.